The summed E-state index contributed by atoms with van der Waals surface area (Å²) >= 11 is 0. The fourth-order valence-electron chi connectivity index (χ4n) is 4.80. The quantitative estimate of drug-likeness (QED) is 0.419. The lowest BCUT2D eigenvalue weighted by Gasteiger charge is -2.37. The highest BCUT2D eigenvalue weighted by Gasteiger charge is 2.24. The smallest absolute Gasteiger partial charge is 0.253 e. The average molecular weight is 487 g/mol. The topological polar surface area (TPSA) is 42.0 Å². The second kappa shape index (κ2) is 10.7. The number of aryl methyl sites for hydroxylation is 1. The maximum absolute atomic E-state index is 13.4. The van der Waals surface area contributed by atoms with Crippen molar-refractivity contribution in [3.05, 3.63) is 88.5 Å². The summed E-state index contributed by atoms with van der Waals surface area (Å²) in [6.07, 6.45) is 0. The third kappa shape index (κ3) is 5.51. The number of hydrogen-bond donors (Lipinski definition) is 0. The van der Waals surface area contributed by atoms with Crippen LogP contribution in [-0.2, 0) is 12.0 Å². The molecule has 0 unspecified atom stereocenters. The Kier molecular flexibility index (Phi) is 7.58. The molecule has 5 nitrogen and oxygen atoms in total. The van der Waals surface area contributed by atoms with E-state index in [-0.39, 0.29) is 11.3 Å². The van der Waals surface area contributed by atoms with Gasteiger partial charge in [0.15, 0.2) is 0 Å². The Morgan fingerprint density at radius 1 is 0.889 bits per heavy atom. The van der Waals surface area contributed by atoms with Gasteiger partial charge in [-0.3, -0.25) is 4.79 Å². The lowest BCUT2D eigenvalue weighted by Crippen LogP contribution is -2.49. The molecule has 0 aromatic heterocycles. The van der Waals surface area contributed by atoms with E-state index in [0.717, 1.165) is 35.7 Å². The van der Waals surface area contributed by atoms with Gasteiger partial charge in [-0.25, -0.2) is 0 Å². The van der Waals surface area contributed by atoms with Crippen molar-refractivity contribution >= 4 is 11.6 Å². The summed E-state index contributed by atoms with van der Waals surface area (Å²) in [5.41, 5.74) is 6.52. The van der Waals surface area contributed by atoms with Crippen LogP contribution in [0.4, 0.5) is 5.69 Å². The summed E-state index contributed by atoms with van der Waals surface area (Å²) in [5.74, 6) is 1.63. The van der Waals surface area contributed by atoms with Gasteiger partial charge in [-0.2, -0.15) is 0 Å². The first kappa shape index (κ1) is 25.6. The maximum atomic E-state index is 13.4. The van der Waals surface area contributed by atoms with Gasteiger partial charge in [-0.05, 0) is 66.3 Å². The molecule has 1 aliphatic rings. The van der Waals surface area contributed by atoms with Crippen molar-refractivity contribution < 1.29 is 14.3 Å². The van der Waals surface area contributed by atoms with Crippen LogP contribution < -0.4 is 14.4 Å². The normalized spacial score (nSPS) is 14.1. The number of hydrogen-bond acceptors (Lipinski definition) is 4. The summed E-state index contributed by atoms with van der Waals surface area (Å²) in [7, 11) is 1.65. The van der Waals surface area contributed by atoms with Crippen LogP contribution >= 0.6 is 0 Å². The van der Waals surface area contributed by atoms with Crippen molar-refractivity contribution in [3.63, 3.8) is 0 Å². The van der Waals surface area contributed by atoms with Crippen LogP contribution in [0.5, 0.6) is 11.5 Å². The molecule has 0 radical (unpaired) electrons. The Labute approximate surface area is 215 Å². The molecule has 0 bridgehead atoms. The fraction of sp³-hybridized carbons (Fsp3) is 0.387. The summed E-state index contributed by atoms with van der Waals surface area (Å²) in [4.78, 5) is 17.7. The third-order valence-corrected chi connectivity index (χ3v) is 7.09. The molecule has 0 saturated carbocycles. The van der Waals surface area contributed by atoms with E-state index in [1.54, 1.807) is 7.11 Å². The number of carbonyl (C=O) groups is 1. The van der Waals surface area contributed by atoms with Gasteiger partial charge in [0.05, 0.1) is 7.11 Å². The molecule has 0 atom stereocenters. The Morgan fingerprint density at radius 3 is 2.31 bits per heavy atom. The number of nitrogens with zero attached hydrogens (tertiary/aromatic N) is 2. The SMILES string of the molecule is COc1ccc(C(=O)N2CCN(c3cccc(C)c3C)CC2)cc1COc1ccccc1C(C)(C)C. The maximum Gasteiger partial charge on any atom is 0.253 e. The second-order valence-electron chi connectivity index (χ2n) is 10.6. The Morgan fingerprint density at radius 2 is 1.61 bits per heavy atom. The van der Waals surface area contributed by atoms with E-state index in [0.29, 0.717) is 25.3 Å². The van der Waals surface area contributed by atoms with Crippen molar-refractivity contribution in [2.24, 2.45) is 0 Å². The second-order valence-corrected chi connectivity index (χ2v) is 10.6. The summed E-state index contributed by atoms with van der Waals surface area (Å²) in [5, 5.41) is 0. The van der Waals surface area contributed by atoms with E-state index in [1.165, 1.54) is 16.8 Å². The largest absolute Gasteiger partial charge is 0.496 e. The number of piperazine rings is 1. The highest BCUT2D eigenvalue weighted by Crippen LogP contribution is 2.32. The van der Waals surface area contributed by atoms with Crippen molar-refractivity contribution in [2.45, 2.75) is 46.6 Å². The third-order valence-electron chi connectivity index (χ3n) is 7.09. The zero-order chi connectivity index (χ0) is 25.9. The van der Waals surface area contributed by atoms with Crippen molar-refractivity contribution in [1.82, 2.24) is 4.90 Å². The fourth-order valence-corrected chi connectivity index (χ4v) is 4.80. The van der Waals surface area contributed by atoms with Crippen molar-refractivity contribution in [2.75, 3.05) is 38.2 Å². The molecule has 190 valence electrons. The molecule has 0 spiro atoms. The van der Waals surface area contributed by atoms with E-state index in [9.17, 15) is 4.79 Å². The summed E-state index contributed by atoms with van der Waals surface area (Å²) in [6.45, 7) is 14.2. The van der Waals surface area contributed by atoms with Crippen LogP contribution in [0.15, 0.2) is 60.7 Å². The highest BCUT2D eigenvalue weighted by molar-refractivity contribution is 5.94. The lowest BCUT2D eigenvalue weighted by atomic mass is 9.86. The molecule has 5 heteroatoms. The Hall–Kier alpha value is -3.47. The van der Waals surface area contributed by atoms with Crippen LogP contribution in [-0.4, -0.2) is 44.1 Å². The molecule has 1 saturated heterocycles. The average Bonchev–Trinajstić information content (AvgIpc) is 2.88. The predicted molar refractivity (Wildman–Crippen MR) is 147 cm³/mol. The van der Waals surface area contributed by atoms with Crippen molar-refractivity contribution in [3.8, 4) is 11.5 Å². The first-order chi connectivity index (χ1) is 17.2. The number of para-hydroxylation sites is 1. The number of benzene rings is 3. The number of ether oxygens (including phenoxy) is 2. The number of methoxy groups -OCH3 is 1. The minimum absolute atomic E-state index is 0.0301. The molecule has 0 aliphatic carbocycles. The van der Waals surface area contributed by atoms with Gasteiger partial charge < -0.3 is 19.3 Å². The molecular formula is C31H38N2O3. The van der Waals surface area contributed by atoms with Gasteiger partial charge in [0, 0.05) is 43.0 Å². The van der Waals surface area contributed by atoms with Gasteiger partial charge >= 0.3 is 0 Å². The highest BCUT2D eigenvalue weighted by atomic mass is 16.5. The van der Waals surface area contributed by atoms with Gasteiger partial charge in [0.1, 0.15) is 18.1 Å². The van der Waals surface area contributed by atoms with E-state index >= 15 is 0 Å². The summed E-state index contributed by atoms with van der Waals surface area (Å²) < 4.78 is 11.8. The zero-order valence-electron chi connectivity index (χ0n) is 22.4. The monoisotopic (exact) mass is 486 g/mol. The molecule has 1 amide bonds. The molecule has 36 heavy (non-hydrogen) atoms. The molecule has 0 N–H and O–H groups in total. The number of rotatable bonds is 6. The zero-order valence-corrected chi connectivity index (χ0v) is 22.4. The van der Waals surface area contributed by atoms with Gasteiger partial charge in [-0.15, -0.1) is 0 Å². The van der Waals surface area contributed by atoms with Crippen LogP contribution in [0.1, 0.15) is 53.4 Å². The summed E-state index contributed by atoms with van der Waals surface area (Å²) in [6, 6.07) is 20.2. The number of amides is 1. The predicted octanol–water partition coefficient (Wildman–Crippen LogP) is 6.15. The molecule has 3 aromatic rings. The van der Waals surface area contributed by atoms with E-state index in [1.807, 2.05) is 41.3 Å². The number of anilines is 1. The Balaban J connectivity index is 1.46. The minimum Gasteiger partial charge on any atom is -0.496 e. The van der Waals surface area contributed by atoms with Crippen molar-refractivity contribution in [1.29, 1.82) is 0 Å². The van der Waals surface area contributed by atoms with Crippen LogP contribution in [0.2, 0.25) is 0 Å². The van der Waals surface area contributed by atoms with Gasteiger partial charge in [0.25, 0.3) is 5.91 Å². The molecular weight excluding hydrogens is 448 g/mol. The molecule has 1 aliphatic heterocycles. The standard InChI is InChI=1S/C31H38N2O3/c1-22-10-9-12-27(23(22)2)32-16-18-33(19-17-32)30(34)24-14-15-28(35-6)25(20-24)21-36-29-13-8-7-11-26(29)31(3,4)5/h7-15,20H,16-19,21H2,1-6H3. The minimum atomic E-state index is -0.0301. The van der Waals surface area contributed by atoms with Crippen LogP contribution in [0.25, 0.3) is 0 Å². The first-order valence-electron chi connectivity index (χ1n) is 12.7. The van der Waals surface area contributed by atoms with E-state index in [2.05, 4.69) is 63.8 Å². The molecule has 3 aromatic carbocycles. The van der Waals surface area contributed by atoms with Gasteiger partial charge in [-0.1, -0.05) is 51.1 Å². The molecule has 4 rings (SSSR count). The number of carbonyl (C=O) groups excluding carboxylic acids is 1. The lowest BCUT2D eigenvalue weighted by molar-refractivity contribution is 0.0746. The van der Waals surface area contributed by atoms with Crippen LogP contribution in [0, 0.1) is 13.8 Å². The Bertz CT molecular complexity index is 1220. The van der Waals surface area contributed by atoms with Crippen LogP contribution in [0.3, 0.4) is 0 Å². The molecule has 1 heterocycles. The van der Waals surface area contributed by atoms with E-state index < -0.39 is 0 Å². The van der Waals surface area contributed by atoms with E-state index in [4.69, 9.17) is 9.47 Å². The first-order valence-corrected chi connectivity index (χ1v) is 12.7. The molecule has 1 fully saturated rings. The van der Waals surface area contributed by atoms with Gasteiger partial charge in [0.2, 0.25) is 0 Å².